The van der Waals surface area contributed by atoms with Crippen molar-refractivity contribution in [2.45, 2.75) is 0 Å². The van der Waals surface area contributed by atoms with Crippen molar-refractivity contribution in [3.05, 3.63) is 77.9 Å². The van der Waals surface area contributed by atoms with Crippen LogP contribution in [0.3, 0.4) is 0 Å². The first-order valence-electron chi connectivity index (χ1n) is 9.35. The first-order chi connectivity index (χ1) is 15.1. The van der Waals surface area contributed by atoms with E-state index in [1.807, 2.05) is 0 Å². The van der Waals surface area contributed by atoms with Crippen molar-refractivity contribution in [2.24, 2.45) is 0 Å². The number of hydrogen-bond acceptors (Lipinski definition) is 6. The normalized spacial score (nSPS) is 9.97. The van der Waals surface area contributed by atoms with E-state index in [1.54, 1.807) is 66.7 Å². The van der Waals surface area contributed by atoms with E-state index in [2.05, 4.69) is 11.4 Å². The Morgan fingerprint density at radius 1 is 0.935 bits per heavy atom. The molecular weight excluding hydrogens is 396 g/mol. The molecule has 0 aliphatic heterocycles. The highest BCUT2D eigenvalue weighted by molar-refractivity contribution is 6.00. The van der Waals surface area contributed by atoms with Crippen LogP contribution in [0.4, 0.5) is 5.69 Å². The molecule has 31 heavy (non-hydrogen) atoms. The van der Waals surface area contributed by atoms with Gasteiger partial charge in [0, 0.05) is 11.6 Å². The van der Waals surface area contributed by atoms with Crippen LogP contribution in [0.5, 0.6) is 11.5 Å². The molecule has 156 valence electrons. The smallest absolute Gasteiger partial charge is 0.339 e. The number of amides is 1. The van der Waals surface area contributed by atoms with E-state index in [0.29, 0.717) is 33.9 Å². The maximum atomic E-state index is 12.7. The van der Waals surface area contributed by atoms with Crippen molar-refractivity contribution < 1.29 is 23.8 Å². The minimum Gasteiger partial charge on any atom is -0.497 e. The van der Waals surface area contributed by atoms with Gasteiger partial charge in [0.15, 0.2) is 6.61 Å². The van der Waals surface area contributed by atoms with Crippen molar-refractivity contribution in [3.63, 3.8) is 0 Å². The zero-order chi connectivity index (χ0) is 22.2. The van der Waals surface area contributed by atoms with Gasteiger partial charge < -0.3 is 19.5 Å². The number of esters is 1. The Balaban J connectivity index is 1.72. The maximum Gasteiger partial charge on any atom is 0.339 e. The van der Waals surface area contributed by atoms with E-state index in [4.69, 9.17) is 14.2 Å². The lowest BCUT2D eigenvalue weighted by Gasteiger charge is -2.13. The van der Waals surface area contributed by atoms with Gasteiger partial charge in [0.2, 0.25) is 0 Å². The number of hydrogen-bond donors (Lipinski definition) is 1. The summed E-state index contributed by atoms with van der Waals surface area (Å²) in [5.41, 5.74) is 2.30. The monoisotopic (exact) mass is 416 g/mol. The van der Waals surface area contributed by atoms with Gasteiger partial charge in [-0.05, 0) is 29.8 Å². The number of nitriles is 1. The predicted molar refractivity (Wildman–Crippen MR) is 115 cm³/mol. The number of nitrogens with zero attached hydrogens (tertiary/aromatic N) is 1. The molecule has 0 aliphatic rings. The number of nitrogens with one attached hydrogen (secondary N) is 1. The minimum absolute atomic E-state index is 0.264. The zero-order valence-electron chi connectivity index (χ0n) is 17.0. The number of carbonyl (C=O) groups excluding carboxylic acids is 2. The fourth-order valence-corrected chi connectivity index (χ4v) is 3.01. The highest BCUT2D eigenvalue weighted by Crippen LogP contribution is 2.29. The average molecular weight is 416 g/mol. The van der Waals surface area contributed by atoms with Crippen LogP contribution in [-0.2, 0) is 9.53 Å². The maximum absolute atomic E-state index is 12.7. The van der Waals surface area contributed by atoms with Gasteiger partial charge in [-0.3, -0.25) is 4.79 Å². The third-order valence-electron chi connectivity index (χ3n) is 4.50. The number of carbonyl (C=O) groups is 2. The summed E-state index contributed by atoms with van der Waals surface area (Å²) < 4.78 is 15.6. The van der Waals surface area contributed by atoms with E-state index in [-0.39, 0.29) is 5.56 Å². The Morgan fingerprint density at radius 3 is 2.35 bits per heavy atom. The third-order valence-corrected chi connectivity index (χ3v) is 4.50. The summed E-state index contributed by atoms with van der Waals surface area (Å²) in [6, 6.07) is 20.8. The highest BCUT2D eigenvalue weighted by atomic mass is 16.5. The van der Waals surface area contributed by atoms with Gasteiger partial charge >= 0.3 is 5.97 Å². The van der Waals surface area contributed by atoms with Gasteiger partial charge in [0.1, 0.15) is 11.5 Å². The van der Waals surface area contributed by atoms with Crippen LogP contribution in [-0.4, -0.2) is 32.7 Å². The summed E-state index contributed by atoms with van der Waals surface area (Å²) in [5, 5.41) is 12.0. The summed E-state index contributed by atoms with van der Waals surface area (Å²) >= 11 is 0. The van der Waals surface area contributed by atoms with Crippen LogP contribution in [0.2, 0.25) is 0 Å². The molecule has 3 aromatic carbocycles. The van der Waals surface area contributed by atoms with Crippen molar-refractivity contribution in [2.75, 3.05) is 26.1 Å². The van der Waals surface area contributed by atoms with Crippen molar-refractivity contribution in [3.8, 4) is 28.7 Å². The fourth-order valence-electron chi connectivity index (χ4n) is 3.01. The van der Waals surface area contributed by atoms with Crippen molar-refractivity contribution in [1.82, 2.24) is 0 Å². The molecule has 0 atom stereocenters. The van der Waals surface area contributed by atoms with Gasteiger partial charge in [0.25, 0.3) is 5.91 Å². The number of methoxy groups -OCH3 is 2. The number of benzene rings is 3. The molecular formula is C24H20N2O5. The van der Waals surface area contributed by atoms with Crippen LogP contribution in [0, 0.1) is 11.3 Å². The lowest BCUT2D eigenvalue weighted by Crippen LogP contribution is -2.21. The molecule has 0 aliphatic carbocycles. The molecule has 3 rings (SSSR count). The first kappa shape index (κ1) is 21.4. The van der Waals surface area contributed by atoms with Gasteiger partial charge in [-0.25, -0.2) is 4.79 Å². The highest BCUT2D eigenvalue weighted by Gasteiger charge is 2.17. The van der Waals surface area contributed by atoms with Crippen LogP contribution < -0.4 is 14.8 Å². The molecule has 1 N–H and O–H groups in total. The van der Waals surface area contributed by atoms with E-state index in [9.17, 15) is 14.9 Å². The van der Waals surface area contributed by atoms with Gasteiger partial charge in [-0.2, -0.15) is 5.26 Å². The van der Waals surface area contributed by atoms with E-state index in [1.165, 1.54) is 14.2 Å². The molecule has 0 unspecified atom stereocenters. The summed E-state index contributed by atoms with van der Waals surface area (Å²) in [6.45, 7) is -0.484. The summed E-state index contributed by atoms with van der Waals surface area (Å²) in [7, 11) is 3.00. The van der Waals surface area contributed by atoms with Crippen LogP contribution in [0.15, 0.2) is 66.7 Å². The second kappa shape index (κ2) is 9.94. The van der Waals surface area contributed by atoms with Gasteiger partial charge in [-0.1, -0.05) is 36.4 Å². The summed E-state index contributed by atoms with van der Waals surface area (Å²) in [5.74, 6) is -0.195. The molecule has 0 heterocycles. The lowest BCUT2D eigenvalue weighted by molar-refractivity contribution is -0.119. The Bertz CT molecular complexity index is 1150. The SMILES string of the molecule is COc1ccc(NC(=O)COC(=O)c2ccccc2-c2ccccc2C#N)c(OC)c1. The second-order valence-corrected chi connectivity index (χ2v) is 6.39. The minimum atomic E-state index is -0.666. The Morgan fingerprint density at radius 2 is 1.65 bits per heavy atom. The first-order valence-corrected chi connectivity index (χ1v) is 9.35. The standard InChI is InChI=1S/C24H20N2O5/c1-29-17-11-12-21(22(13-17)30-2)26-23(27)15-31-24(28)20-10-6-5-9-19(20)18-8-4-3-7-16(18)14-25/h3-13H,15H2,1-2H3,(H,26,27). The van der Waals surface area contributed by atoms with Crippen LogP contribution in [0.25, 0.3) is 11.1 Å². The predicted octanol–water partition coefficient (Wildman–Crippen LogP) is 4.04. The lowest BCUT2D eigenvalue weighted by atomic mass is 9.96. The van der Waals surface area contributed by atoms with Gasteiger partial charge in [0.05, 0.1) is 37.1 Å². The summed E-state index contributed by atoms with van der Waals surface area (Å²) in [4.78, 5) is 25.0. The Hall–Kier alpha value is -4.31. The number of rotatable bonds is 7. The van der Waals surface area contributed by atoms with Crippen molar-refractivity contribution in [1.29, 1.82) is 5.26 Å². The Labute approximate surface area is 179 Å². The fraction of sp³-hybridized carbons (Fsp3) is 0.125. The largest absolute Gasteiger partial charge is 0.497 e. The molecule has 0 bridgehead atoms. The van der Waals surface area contributed by atoms with Crippen molar-refractivity contribution >= 4 is 17.6 Å². The quantitative estimate of drug-likeness (QED) is 0.584. The van der Waals surface area contributed by atoms with Crippen LogP contribution in [0.1, 0.15) is 15.9 Å². The van der Waals surface area contributed by atoms with E-state index >= 15 is 0 Å². The zero-order valence-corrected chi connectivity index (χ0v) is 17.0. The third kappa shape index (κ3) is 5.00. The van der Waals surface area contributed by atoms with E-state index < -0.39 is 18.5 Å². The second-order valence-electron chi connectivity index (χ2n) is 6.39. The summed E-state index contributed by atoms with van der Waals surface area (Å²) in [6.07, 6.45) is 0. The average Bonchev–Trinajstić information content (AvgIpc) is 2.82. The number of ether oxygens (including phenoxy) is 3. The molecule has 7 heteroatoms. The topological polar surface area (TPSA) is 97.6 Å². The molecule has 0 aromatic heterocycles. The Kier molecular flexibility index (Phi) is 6.86. The molecule has 7 nitrogen and oxygen atoms in total. The van der Waals surface area contributed by atoms with E-state index in [0.717, 1.165) is 0 Å². The molecule has 0 spiro atoms. The van der Waals surface area contributed by atoms with Gasteiger partial charge in [-0.15, -0.1) is 0 Å². The molecule has 0 saturated heterocycles. The molecule has 0 saturated carbocycles. The molecule has 0 fully saturated rings. The molecule has 3 aromatic rings. The number of anilines is 1. The molecule has 1 amide bonds. The molecule has 0 radical (unpaired) electrons. The van der Waals surface area contributed by atoms with Crippen LogP contribution >= 0.6 is 0 Å².